The monoisotopic (exact) mass is 434 g/mol. The Kier molecular flexibility index (Phi) is 7.70. The molecule has 30 heavy (non-hydrogen) atoms. The summed E-state index contributed by atoms with van der Waals surface area (Å²) in [7, 11) is 0. The molecule has 2 aliphatic heterocycles. The lowest BCUT2D eigenvalue weighted by Gasteiger charge is -2.53. The van der Waals surface area contributed by atoms with E-state index in [0.29, 0.717) is 19.6 Å². The summed E-state index contributed by atoms with van der Waals surface area (Å²) in [6, 6.07) is 0. The molecule has 2 fully saturated rings. The second-order valence-corrected chi connectivity index (χ2v) is 10.9. The normalized spacial score (nSPS) is 38.2. The zero-order valence-electron chi connectivity index (χ0n) is 20.5. The zero-order valence-corrected chi connectivity index (χ0v) is 20.5. The van der Waals surface area contributed by atoms with Gasteiger partial charge >= 0.3 is 0 Å². The third-order valence-electron chi connectivity index (χ3n) is 5.81. The van der Waals surface area contributed by atoms with Crippen molar-refractivity contribution in [2.45, 2.75) is 116 Å². The second kappa shape index (κ2) is 8.90. The van der Waals surface area contributed by atoms with Crippen LogP contribution in [0, 0.1) is 0 Å². The van der Waals surface area contributed by atoms with Crippen LogP contribution in [-0.2, 0) is 38.5 Å². The SMILES string of the molecule is CCC1(C)OCC(C)(C)OC1(C)OCOOOCC1(C)CC(C)(C)OC(C)(C)CO1. The molecule has 178 valence electrons. The minimum Gasteiger partial charge on any atom is -0.370 e. The smallest absolute Gasteiger partial charge is 0.197 e. The molecule has 8 nitrogen and oxygen atoms in total. The minimum absolute atomic E-state index is 0.176. The summed E-state index contributed by atoms with van der Waals surface area (Å²) in [6.45, 7) is 20.8. The number of hydrogen-bond acceptors (Lipinski definition) is 8. The highest BCUT2D eigenvalue weighted by Gasteiger charge is 2.54. The number of rotatable bonds is 8. The van der Waals surface area contributed by atoms with Gasteiger partial charge in [-0.2, -0.15) is 4.89 Å². The van der Waals surface area contributed by atoms with Gasteiger partial charge < -0.3 is 23.7 Å². The molecule has 3 atom stereocenters. The fourth-order valence-corrected chi connectivity index (χ4v) is 4.28. The zero-order chi connectivity index (χ0) is 22.9. The molecule has 0 saturated carbocycles. The predicted molar refractivity (Wildman–Crippen MR) is 111 cm³/mol. The topological polar surface area (TPSA) is 73.8 Å². The van der Waals surface area contributed by atoms with Crippen LogP contribution in [0.4, 0.5) is 0 Å². The van der Waals surface area contributed by atoms with Crippen LogP contribution >= 0.6 is 0 Å². The summed E-state index contributed by atoms with van der Waals surface area (Å²) < 4.78 is 30.4. The van der Waals surface area contributed by atoms with Crippen molar-refractivity contribution in [3.63, 3.8) is 0 Å². The van der Waals surface area contributed by atoms with Crippen molar-refractivity contribution in [1.82, 2.24) is 0 Å². The van der Waals surface area contributed by atoms with Crippen LogP contribution in [-0.4, -0.2) is 60.4 Å². The van der Waals surface area contributed by atoms with E-state index in [1.807, 2.05) is 69.2 Å². The molecule has 2 aliphatic rings. The summed E-state index contributed by atoms with van der Waals surface area (Å²) in [5.74, 6) is -0.990. The lowest BCUT2D eigenvalue weighted by Crippen LogP contribution is -2.64. The van der Waals surface area contributed by atoms with Gasteiger partial charge in [0.1, 0.15) is 12.2 Å². The predicted octanol–water partition coefficient (Wildman–Crippen LogP) is 4.30. The molecule has 0 N–H and O–H groups in total. The molecule has 2 rings (SSSR count). The van der Waals surface area contributed by atoms with Gasteiger partial charge in [-0.1, -0.05) is 12.0 Å². The summed E-state index contributed by atoms with van der Waals surface area (Å²) >= 11 is 0. The van der Waals surface area contributed by atoms with Crippen LogP contribution in [0.2, 0.25) is 0 Å². The van der Waals surface area contributed by atoms with Gasteiger partial charge in [0.2, 0.25) is 0 Å². The third kappa shape index (κ3) is 6.59. The second-order valence-electron chi connectivity index (χ2n) is 10.9. The fraction of sp³-hybridized carbons (Fsp3) is 1.00. The molecule has 0 aromatic carbocycles. The molecule has 0 aromatic heterocycles. The van der Waals surface area contributed by atoms with E-state index in [2.05, 4.69) is 0 Å². The maximum Gasteiger partial charge on any atom is 0.197 e. The van der Waals surface area contributed by atoms with Crippen molar-refractivity contribution in [2.75, 3.05) is 26.6 Å². The van der Waals surface area contributed by atoms with Crippen molar-refractivity contribution in [3.05, 3.63) is 0 Å². The molecule has 0 radical (unpaired) electrons. The highest BCUT2D eigenvalue weighted by molar-refractivity contribution is 4.95. The van der Waals surface area contributed by atoms with E-state index < -0.39 is 22.6 Å². The Labute approximate surface area is 181 Å². The molecular weight excluding hydrogens is 392 g/mol. The summed E-state index contributed by atoms with van der Waals surface area (Å²) in [6.07, 6.45) is 1.37. The Morgan fingerprint density at radius 3 is 1.97 bits per heavy atom. The van der Waals surface area contributed by atoms with Crippen LogP contribution in [0.15, 0.2) is 0 Å². The molecule has 8 heteroatoms. The molecule has 0 aromatic rings. The van der Waals surface area contributed by atoms with E-state index in [9.17, 15) is 0 Å². The van der Waals surface area contributed by atoms with Gasteiger partial charge in [0.15, 0.2) is 12.6 Å². The van der Waals surface area contributed by atoms with Crippen LogP contribution in [0.3, 0.4) is 0 Å². The summed E-state index contributed by atoms with van der Waals surface area (Å²) in [5, 5.41) is 4.91. The fourth-order valence-electron chi connectivity index (χ4n) is 4.28. The van der Waals surface area contributed by atoms with Gasteiger partial charge in [0.25, 0.3) is 0 Å². The Morgan fingerprint density at radius 1 is 0.733 bits per heavy atom. The highest BCUT2D eigenvalue weighted by Crippen LogP contribution is 2.42. The minimum atomic E-state index is -0.990. The number of hydrogen-bond donors (Lipinski definition) is 0. The molecular formula is C22H42O8. The molecule has 0 spiro atoms. The van der Waals surface area contributed by atoms with Crippen LogP contribution in [0.25, 0.3) is 0 Å². The summed E-state index contributed by atoms with van der Waals surface area (Å²) in [4.78, 5) is 10.4. The molecule has 2 saturated heterocycles. The van der Waals surface area contributed by atoms with Gasteiger partial charge in [-0.25, -0.2) is 4.89 Å². The van der Waals surface area contributed by atoms with Gasteiger partial charge in [-0.05, 0) is 68.7 Å². The first kappa shape index (κ1) is 25.9. The molecule has 2 heterocycles. The first-order valence-electron chi connectivity index (χ1n) is 10.8. The van der Waals surface area contributed by atoms with Gasteiger partial charge in [0.05, 0.1) is 35.6 Å². The lowest BCUT2D eigenvalue weighted by atomic mass is 9.89. The maximum absolute atomic E-state index is 6.18. The molecule has 0 amide bonds. The van der Waals surface area contributed by atoms with Crippen LogP contribution in [0.5, 0.6) is 0 Å². The van der Waals surface area contributed by atoms with Gasteiger partial charge in [-0.15, -0.1) is 0 Å². The van der Waals surface area contributed by atoms with E-state index in [1.54, 1.807) is 0 Å². The van der Waals surface area contributed by atoms with E-state index in [-0.39, 0.29) is 24.6 Å². The lowest BCUT2D eigenvalue weighted by molar-refractivity contribution is -0.546. The molecule has 0 bridgehead atoms. The van der Waals surface area contributed by atoms with Crippen molar-refractivity contribution in [1.29, 1.82) is 0 Å². The Hall–Kier alpha value is -0.320. The maximum atomic E-state index is 6.18. The van der Waals surface area contributed by atoms with Gasteiger partial charge in [0, 0.05) is 6.42 Å². The standard InChI is InChI=1S/C22H42O8/c1-11-21(9)22(10,29-19(6,7)14-24-21)25-16-27-30-26-15-20(8)12-17(2,3)28-18(4,5)13-23-20/h11-16H2,1-10H3. The highest BCUT2D eigenvalue weighted by atomic mass is 17.5. The van der Waals surface area contributed by atoms with Crippen LogP contribution < -0.4 is 0 Å². The Bertz CT molecular complexity index is 577. The van der Waals surface area contributed by atoms with E-state index in [0.717, 1.165) is 6.42 Å². The Balaban J connectivity index is 1.81. The van der Waals surface area contributed by atoms with E-state index in [1.165, 1.54) is 0 Å². The van der Waals surface area contributed by atoms with Crippen molar-refractivity contribution in [3.8, 4) is 0 Å². The first-order valence-corrected chi connectivity index (χ1v) is 10.8. The Morgan fingerprint density at radius 2 is 1.33 bits per heavy atom. The van der Waals surface area contributed by atoms with E-state index >= 15 is 0 Å². The quantitative estimate of drug-likeness (QED) is 0.242. The molecule has 0 aliphatic carbocycles. The third-order valence-corrected chi connectivity index (χ3v) is 5.81. The average molecular weight is 435 g/mol. The van der Waals surface area contributed by atoms with Crippen molar-refractivity contribution >= 4 is 0 Å². The van der Waals surface area contributed by atoms with Gasteiger partial charge in [-0.3, -0.25) is 0 Å². The van der Waals surface area contributed by atoms with Crippen molar-refractivity contribution in [2.24, 2.45) is 0 Å². The largest absolute Gasteiger partial charge is 0.370 e. The van der Waals surface area contributed by atoms with E-state index in [4.69, 9.17) is 38.5 Å². The molecule has 3 unspecified atom stereocenters. The van der Waals surface area contributed by atoms with Crippen LogP contribution in [0.1, 0.15) is 82.1 Å². The average Bonchev–Trinajstić information content (AvgIpc) is 2.66. The first-order chi connectivity index (χ1) is 13.6. The van der Waals surface area contributed by atoms with Crippen molar-refractivity contribution < 1.29 is 38.5 Å². The number of ether oxygens (including phenoxy) is 5. The summed E-state index contributed by atoms with van der Waals surface area (Å²) in [5.41, 5.74) is -2.36.